The fourth-order valence-corrected chi connectivity index (χ4v) is 2.16. The molecule has 0 aliphatic carbocycles. The van der Waals surface area contributed by atoms with E-state index in [1.54, 1.807) is 0 Å². The van der Waals surface area contributed by atoms with Gasteiger partial charge in [-0.3, -0.25) is 9.36 Å². The molecule has 2 aromatic heterocycles. The van der Waals surface area contributed by atoms with Gasteiger partial charge in [-0.25, -0.2) is 9.97 Å². The second kappa shape index (κ2) is 5.60. The number of aliphatic hydroxyl groups is 3. The first kappa shape index (κ1) is 15.1. The van der Waals surface area contributed by atoms with Gasteiger partial charge in [0.05, 0.1) is 19.3 Å². The first-order valence-electron chi connectivity index (χ1n) is 5.66. The number of aliphatic hydroxyl groups excluding tert-OH is 3. The van der Waals surface area contributed by atoms with Crippen LogP contribution >= 0.6 is 0 Å². The van der Waals surface area contributed by atoms with Gasteiger partial charge >= 0.3 is 17.1 Å². The molecule has 1 saturated heterocycles. The molecule has 2 aromatic rings. The van der Waals surface area contributed by atoms with Gasteiger partial charge in [0.2, 0.25) is 0 Å². The molecule has 9 nitrogen and oxygen atoms in total. The number of aromatic amines is 1. The molecule has 0 bridgehead atoms. The minimum absolute atomic E-state index is 0. The molecule has 20 heavy (non-hydrogen) atoms. The normalized spacial score (nSPS) is 29.6. The SMILES string of the molecule is O=c1[nH]cnc2c1ncn2[C@@H]1O[C@H](CO)[C@@H](O)[C@H]1O.[Mn+2]. The maximum atomic E-state index is 11.5. The van der Waals surface area contributed by atoms with Crippen molar-refractivity contribution in [1.29, 1.82) is 0 Å². The Hall–Kier alpha value is -1.29. The summed E-state index contributed by atoms with van der Waals surface area (Å²) in [5.74, 6) is 0. The summed E-state index contributed by atoms with van der Waals surface area (Å²) in [5, 5.41) is 28.6. The van der Waals surface area contributed by atoms with E-state index in [1.165, 1.54) is 17.2 Å². The third kappa shape index (κ3) is 2.16. The second-order valence-corrected chi connectivity index (χ2v) is 4.28. The molecule has 1 aliphatic heterocycles. The molecule has 0 amide bonds. The number of imidazole rings is 1. The van der Waals surface area contributed by atoms with Crippen molar-refractivity contribution in [1.82, 2.24) is 19.5 Å². The van der Waals surface area contributed by atoms with E-state index in [0.29, 0.717) is 0 Å². The molecule has 0 saturated carbocycles. The predicted molar refractivity (Wildman–Crippen MR) is 61.2 cm³/mol. The zero-order valence-electron chi connectivity index (χ0n) is 10.0. The fourth-order valence-electron chi connectivity index (χ4n) is 2.16. The minimum atomic E-state index is -1.24. The average molecular weight is 323 g/mol. The van der Waals surface area contributed by atoms with Gasteiger partial charge in [-0.15, -0.1) is 0 Å². The number of nitrogens with zero attached hydrogens (tertiary/aromatic N) is 3. The number of nitrogens with one attached hydrogen (secondary N) is 1. The molecule has 0 aromatic carbocycles. The van der Waals surface area contributed by atoms with Crippen molar-refractivity contribution in [2.75, 3.05) is 6.61 Å². The Bertz CT molecular complexity index is 658. The molecular weight excluding hydrogens is 311 g/mol. The van der Waals surface area contributed by atoms with E-state index in [0.717, 1.165) is 0 Å². The van der Waals surface area contributed by atoms with Crippen LogP contribution in [0.2, 0.25) is 0 Å². The van der Waals surface area contributed by atoms with E-state index < -0.39 is 36.7 Å². The largest absolute Gasteiger partial charge is 2.00 e. The Morgan fingerprint density at radius 1 is 1.35 bits per heavy atom. The third-order valence-electron chi connectivity index (χ3n) is 3.16. The van der Waals surface area contributed by atoms with E-state index in [2.05, 4.69) is 15.0 Å². The van der Waals surface area contributed by atoms with Crippen LogP contribution in [0, 0.1) is 0 Å². The van der Waals surface area contributed by atoms with Crippen LogP contribution in [-0.2, 0) is 21.8 Å². The molecule has 0 unspecified atom stereocenters. The van der Waals surface area contributed by atoms with Crippen molar-refractivity contribution < 1.29 is 37.1 Å². The maximum absolute atomic E-state index is 11.5. The number of fused-ring (bicyclic) bond motifs is 1. The summed E-state index contributed by atoms with van der Waals surface area (Å²) in [6.07, 6.45) is -1.78. The summed E-state index contributed by atoms with van der Waals surface area (Å²) in [4.78, 5) is 21.8. The Morgan fingerprint density at radius 2 is 2.10 bits per heavy atom. The predicted octanol–water partition coefficient (Wildman–Crippen LogP) is -2.27. The summed E-state index contributed by atoms with van der Waals surface area (Å²) in [5.41, 5.74) is -0.0608. The van der Waals surface area contributed by atoms with Crippen LogP contribution < -0.4 is 5.56 Å². The van der Waals surface area contributed by atoms with E-state index in [4.69, 9.17) is 9.84 Å². The smallest absolute Gasteiger partial charge is 0.394 e. The van der Waals surface area contributed by atoms with Gasteiger partial charge in [0.15, 0.2) is 17.4 Å². The molecule has 1 fully saturated rings. The average Bonchev–Trinajstić information content (AvgIpc) is 2.94. The summed E-state index contributed by atoms with van der Waals surface area (Å²) in [6.45, 7) is -0.421. The van der Waals surface area contributed by atoms with Gasteiger partial charge in [-0.2, -0.15) is 0 Å². The van der Waals surface area contributed by atoms with Crippen LogP contribution in [-0.4, -0.2) is 59.8 Å². The fraction of sp³-hybridized carbons (Fsp3) is 0.500. The van der Waals surface area contributed by atoms with Crippen molar-refractivity contribution in [3.63, 3.8) is 0 Å². The molecule has 4 N–H and O–H groups in total. The van der Waals surface area contributed by atoms with E-state index in [1.807, 2.05) is 0 Å². The zero-order chi connectivity index (χ0) is 13.6. The quantitative estimate of drug-likeness (QED) is 0.458. The molecular formula is C10H12MnN4O5+2. The Kier molecular flexibility index (Phi) is 4.23. The van der Waals surface area contributed by atoms with E-state index in [9.17, 15) is 15.0 Å². The van der Waals surface area contributed by atoms with Gasteiger partial charge in [0.25, 0.3) is 5.56 Å². The standard InChI is InChI=1S/C10H12N4O5.Mn/c15-1-4-6(16)7(17)10(19-4)14-3-13-5-8(14)11-2-12-9(5)18;/h2-4,6-7,10,15-17H,1H2,(H,11,12,18);/q;+2/t4-,6-,7-,10-;/m1./s1. The molecule has 107 valence electrons. The molecule has 3 rings (SSSR count). The van der Waals surface area contributed by atoms with Gasteiger partial charge in [-0.05, 0) is 0 Å². The van der Waals surface area contributed by atoms with Crippen molar-refractivity contribution in [3.8, 4) is 0 Å². The van der Waals surface area contributed by atoms with Gasteiger partial charge in [-0.1, -0.05) is 0 Å². The first-order valence-corrected chi connectivity index (χ1v) is 5.66. The zero-order valence-corrected chi connectivity index (χ0v) is 11.2. The maximum Gasteiger partial charge on any atom is 2.00 e. The Morgan fingerprint density at radius 3 is 2.75 bits per heavy atom. The Labute approximate surface area is 122 Å². The van der Waals surface area contributed by atoms with Crippen LogP contribution in [0.5, 0.6) is 0 Å². The van der Waals surface area contributed by atoms with Crippen LogP contribution in [0.1, 0.15) is 6.23 Å². The molecule has 4 atom stereocenters. The summed E-state index contributed by atoms with van der Waals surface area (Å²) in [6, 6.07) is 0. The molecule has 0 spiro atoms. The first-order chi connectivity index (χ1) is 9.13. The number of hydrogen-bond acceptors (Lipinski definition) is 7. The summed E-state index contributed by atoms with van der Waals surface area (Å²) >= 11 is 0. The van der Waals surface area contributed by atoms with Crippen molar-refractivity contribution in [2.24, 2.45) is 0 Å². The van der Waals surface area contributed by atoms with Crippen molar-refractivity contribution in [2.45, 2.75) is 24.5 Å². The van der Waals surface area contributed by atoms with Crippen molar-refractivity contribution in [3.05, 3.63) is 23.0 Å². The van der Waals surface area contributed by atoms with Crippen LogP contribution in [0.15, 0.2) is 17.4 Å². The third-order valence-corrected chi connectivity index (χ3v) is 3.16. The number of hydrogen-bond donors (Lipinski definition) is 4. The van der Waals surface area contributed by atoms with Crippen LogP contribution in [0.3, 0.4) is 0 Å². The Balaban J connectivity index is 0.00000147. The number of rotatable bonds is 2. The van der Waals surface area contributed by atoms with Crippen molar-refractivity contribution >= 4 is 11.2 Å². The monoisotopic (exact) mass is 323 g/mol. The van der Waals surface area contributed by atoms with Crippen LogP contribution in [0.25, 0.3) is 11.2 Å². The second-order valence-electron chi connectivity index (χ2n) is 4.28. The number of ether oxygens (including phenoxy) is 1. The molecule has 10 heteroatoms. The van der Waals surface area contributed by atoms with Gasteiger partial charge < -0.3 is 25.0 Å². The van der Waals surface area contributed by atoms with E-state index in [-0.39, 0.29) is 28.2 Å². The number of aromatic nitrogens is 4. The molecule has 1 radical (unpaired) electrons. The number of H-pyrrole nitrogens is 1. The minimum Gasteiger partial charge on any atom is -0.394 e. The topological polar surface area (TPSA) is 133 Å². The summed E-state index contributed by atoms with van der Waals surface area (Å²) in [7, 11) is 0. The molecule has 3 heterocycles. The van der Waals surface area contributed by atoms with Gasteiger partial charge in [0, 0.05) is 0 Å². The summed E-state index contributed by atoms with van der Waals surface area (Å²) < 4.78 is 6.70. The van der Waals surface area contributed by atoms with Crippen LogP contribution in [0.4, 0.5) is 0 Å². The van der Waals surface area contributed by atoms with E-state index >= 15 is 0 Å². The van der Waals surface area contributed by atoms with Gasteiger partial charge in [0.1, 0.15) is 18.3 Å². The molecule has 1 aliphatic rings.